The van der Waals surface area contributed by atoms with Gasteiger partial charge < -0.3 is 10.1 Å². The number of ether oxygens (including phenoxy) is 1. The van der Waals surface area contributed by atoms with Crippen LogP contribution in [0.25, 0.3) is 0 Å². The Morgan fingerprint density at radius 3 is 2.45 bits per heavy atom. The molecule has 1 atom stereocenters. The number of tetrazole rings is 1. The lowest BCUT2D eigenvalue weighted by molar-refractivity contribution is -0.136. The maximum absolute atomic E-state index is 13.5. The lowest BCUT2D eigenvalue weighted by Gasteiger charge is -2.28. The molecule has 1 aromatic heterocycles. The first kappa shape index (κ1) is 18.8. The standard InChI is InChI=1S/C20H16ClN5O3/c1-11-3-5-13(6-4-11)18(27)15-16(19(28)29-2)22-20-23-24-25-26(20)17(15)12-7-9-14(21)10-8-12/h3-10,17H,1-2H3,(H,22,23,25). The van der Waals surface area contributed by atoms with Gasteiger partial charge in [0.15, 0.2) is 5.78 Å². The van der Waals surface area contributed by atoms with Gasteiger partial charge in [-0.2, -0.15) is 4.68 Å². The molecule has 0 amide bonds. The second kappa shape index (κ2) is 7.48. The monoisotopic (exact) mass is 409 g/mol. The third-order valence-electron chi connectivity index (χ3n) is 4.65. The molecule has 4 rings (SSSR count). The SMILES string of the molecule is COC(=O)C1=C(C(=O)c2ccc(C)cc2)C(c2ccc(Cl)cc2)n2nnnc2N1. The predicted octanol–water partition coefficient (Wildman–Crippen LogP) is 2.96. The summed E-state index contributed by atoms with van der Waals surface area (Å²) >= 11 is 6.03. The largest absolute Gasteiger partial charge is 0.464 e. The van der Waals surface area contributed by atoms with Gasteiger partial charge in [0.25, 0.3) is 0 Å². The summed E-state index contributed by atoms with van der Waals surface area (Å²) in [4.78, 5) is 26.0. The third-order valence-corrected chi connectivity index (χ3v) is 4.90. The molecule has 0 saturated heterocycles. The Morgan fingerprint density at radius 2 is 1.79 bits per heavy atom. The topological polar surface area (TPSA) is 99.0 Å². The van der Waals surface area contributed by atoms with E-state index in [1.165, 1.54) is 11.8 Å². The molecule has 29 heavy (non-hydrogen) atoms. The number of methoxy groups -OCH3 is 1. The van der Waals surface area contributed by atoms with E-state index in [9.17, 15) is 9.59 Å². The first-order valence-electron chi connectivity index (χ1n) is 8.74. The van der Waals surface area contributed by atoms with Crippen molar-refractivity contribution in [2.45, 2.75) is 13.0 Å². The Kier molecular flexibility index (Phi) is 4.85. The van der Waals surface area contributed by atoms with Crippen molar-refractivity contribution >= 4 is 29.3 Å². The number of halogens is 1. The fourth-order valence-electron chi connectivity index (χ4n) is 3.20. The summed E-state index contributed by atoms with van der Waals surface area (Å²) in [6.45, 7) is 1.93. The van der Waals surface area contributed by atoms with E-state index in [1.807, 2.05) is 19.1 Å². The Hall–Kier alpha value is -3.52. The van der Waals surface area contributed by atoms with Gasteiger partial charge in [-0.05, 0) is 35.0 Å². The fraction of sp³-hybridized carbons (Fsp3) is 0.150. The van der Waals surface area contributed by atoms with Gasteiger partial charge in [0.05, 0.1) is 12.7 Å². The number of rotatable bonds is 4. The minimum absolute atomic E-state index is 0.000301. The van der Waals surface area contributed by atoms with E-state index < -0.39 is 12.0 Å². The van der Waals surface area contributed by atoms with E-state index in [-0.39, 0.29) is 23.0 Å². The minimum Gasteiger partial charge on any atom is -0.464 e. The number of benzene rings is 2. The molecule has 1 N–H and O–H groups in total. The number of anilines is 1. The van der Waals surface area contributed by atoms with Crippen LogP contribution in [0.5, 0.6) is 0 Å². The van der Waals surface area contributed by atoms with Crippen molar-refractivity contribution in [2.75, 3.05) is 12.4 Å². The van der Waals surface area contributed by atoms with Crippen LogP contribution in [0.4, 0.5) is 5.95 Å². The van der Waals surface area contributed by atoms with Gasteiger partial charge in [-0.25, -0.2) is 4.79 Å². The zero-order valence-electron chi connectivity index (χ0n) is 15.6. The minimum atomic E-state index is -0.735. The highest BCUT2D eigenvalue weighted by atomic mass is 35.5. The van der Waals surface area contributed by atoms with E-state index in [1.54, 1.807) is 36.4 Å². The lowest BCUT2D eigenvalue weighted by atomic mass is 9.89. The van der Waals surface area contributed by atoms with E-state index in [2.05, 4.69) is 20.8 Å². The molecular weight excluding hydrogens is 394 g/mol. The van der Waals surface area contributed by atoms with Crippen molar-refractivity contribution in [1.82, 2.24) is 20.2 Å². The first-order valence-corrected chi connectivity index (χ1v) is 9.11. The normalized spacial score (nSPS) is 15.5. The van der Waals surface area contributed by atoms with Crippen molar-refractivity contribution in [1.29, 1.82) is 0 Å². The molecule has 0 saturated carbocycles. The van der Waals surface area contributed by atoms with Crippen LogP contribution in [0, 0.1) is 6.92 Å². The molecule has 3 aromatic rings. The second-order valence-corrected chi connectivity index (χ2v) is 6.94. The van der Waals surface area contributed by atoms with Gasteiger partial charge >= 0.3 is 5.97 Å². The third kappa shape index (κ3) is 3.38. The number of carbonyl (C=O) groups is 2. The first-order chi connectivity index (χ1) is 14.0. The molecule has 0 aliphatic carbocycles. The Bertz CT molecular complexity index is 1120. The van der Waals surface area contributed by atoms with Crippen molar-refractivity contribution in [2.24, 2.45) is 0 Å². The summed E-state index contributed by atoms with van der Waals surface area (Å²) in [5.41, 5.74) is 2.33. The number of carbonyl (C=O) groups excluding carboxylic acids is 2. The van der Waals surface area contributed by atoms with E-state index >= 15 is 0 Å². The van der Waals surface area contributed by atoms with Gasteiger partial charge in [0.2, 0.25) is 5.95 Å². The molecule has 2 heterocycles. The number of fused-ring (bicyclic) bond motifs is 1. The van der Waals surface area contributed by atoms with Crippen LogP contribution in [-0.4, -0.2) is 39.1 Å². The van der Waals surface area contributed by atoms with Gasteiger partial charge in [0, 0.05) is 10.6 Å². The Labute approximate surface area is 171 Å². The number of Topliss-reactive ketones (excluding diaryl/α,β-unsaturated/α-hetero) is 1. The summed E-state index contributed by atoms with van der Waals surface area (Å²) in [5.74, 6) is -0.793. The van der Waals surface area contributed by atoms with Gasteiger partial charge in [0.1, 0.15) is 11.7 Å². The van der Waals surface area contributed by atoms with E-state index in [0.29, 0.717) is 16.1 Å². The Balaban J connectivity index is 1.94. The summed E-state index contributed by atoms with van der Waals surface area (Å²) in [5, 5.41) is 15.0. The van der Waals surface area contributed by atoms with Crippen molar-refractivity contribution < 1.29 is 14.3 Å². The maximum Gasteiger partial charge on any atom is 0.355 e. The van der Waals surface area contributed by atoms with Crippen LogP contribution >= 0.6 is 11.6 Å². The van der Waals surface area contributed by atoms with Crippen LogP contribution in [0.3, 0.4) is 0 Å². The smallest absolute Gasteiger partial charge is 0.355 e. The molecule has 9 heteroatoms. The molecule has 1 aliphatic heterocycles. The van der Waals surface area contributed by atoms with Crippen molar-refractivity contribution in [3.05, 3.63) is 81.5 Å². The molecule has 0 bridgehead atoms. The van der Waals surface area contributed by atoms with Gasteiger partial charge in [-0.3, -0.25) is 4.79 Å². The highest BCUT2D eigenvalue weighted by Crippen LogP contribution is 2.36. The average molecular weight is 410 g/mol. The average Bonchev–Trinajstić information content (AvgIpc) is 3.21. The molecule has 2 aromatic carbocycles. The molecule has 0 fully saturated rings. The fourth-order valence-corrected chi connectivity index (χ4v) is 3.33. The maximum atomic E-state index is 13.5. The number of esters is 1. The number of aryl methyl sites for hydroxylation is 1. The van der Waals surface area contributed by atoms with Crippen LogP contribution in [0.2, 0.25) is 5.02 Å². The molecule has 8 nitrogen and oxygen atoms in total. The van der Waals surface area contributed by atoms with Gasteiger partial charge in [-0.1, -0.05) is 58.7 Å². The molecule has 0 radical (unpaired) electrons. The number of nitrogens with one attached hydrogen (secondary N) is 1. The van der Waals surface area contributed by atoms with E-state index in [4.69, 9.17) is 16.3 Å². The number of ketones is 1. The zero-order chi connectivity index (χ0) is 20.5. The lowest BCUT2D eigenvalue weighted by Crippen LogP contribution is -2.32. The molecule has 146 valence electrons. The highest BCUT2D eigenvalue weighted by molar-refractivity contribution is 6.30. The summed E-state index contributed by atoms with van der Waals surface area (Å²) < 4.78 is 6.36. The number of allylic oxidation sites excluding steroid dienone is 1. The van der Waals surface area contributed by atoms with Gasteiger partial charge in [-0.15, -0.1) is 0 Å². The summed E-state index contributed by atoms with van der Waals surface area (Å²) in [6.07, 6.45) is 0. The van der Waals surface area contributed by atoms with Crippen LogP contribution < -0.4 is 5.32 Å². The highest BCUT2D eigenvalue weighted by Gasteiger charge is 2.38. The zero-order valence-corrected chi connectivity index (χ0v) is 16.3. The number of hydrogen-bond donors (Lipinski definition) is 1. The van der Waals surface area contributed by atoms with Crippen molar-refractivity contribution in [3.8, 4) is 0 Å². The molecule has 1 aliphatic rings. The second-order valence-electron chi connectivity index (χ2n) is 6.50. The number of nitrogens with zero attached hydrogens (tertiary/aromatic N) is 4. The summed E-state index contributed by atoms with van der Waals surface area (Å²) in [7, 11) is 1.25. The molecule has 0 spiro atoms. The number of aromatic nitrogens is 4. The Morgan fingerprint density at radius 1 is 1.10 bits per heavy atom. The molecular formula is C20H16ClN5O3. The van der Waals surface area contributed by atoms with Crippen LogP contribution in [-0.2, 0) is 9.53 Å². The predicted molar refractivity (Wildman–Crippen MR) is 106 cm³/mol. The number of hydrogen-bond acceptors (Lipinski definition) is 7. The van der Waals surface area contributed by atoms with E-state index in [0.717, 1.165) is 5.56 Å². The molecule has 1 unspecified atom stereocenters. The quantitative estimate of drug-likeness (QED) is 0.522. The summed E-state index contributed by atoms with van der Waals surface area (Å²) in [6, 6.07) is 13.3. The van der Waals surface area contributed by atoms with Crippen LogP contribution in [0.15, 0.2) is 59.8 Å². The van der Waals surface area contributed by atoms with Crippen molar-refractivity contribution in [3.63, 3.8) is 0 Å². The van der Waals surface area contributed by atoms with Crippen LogP contribution in [0.1, 0.15) is 27.5 Å².